The summed E-state index contributed by atoms with van der Waals surface area (Å²) in [7, 11) is 0. The van der Waals surface area contributed by atoms with Crippen molar-refractivity contribution in [2.75, 3.05) is 18.8 Å². The van der Waals surface area contributed by atoms with Crippen molar-refractivity contribution in [1.82, 2.24) is 15.3 Å². The average molecular weight is 416 g/mol. The summed E-state index contributed by atoms with van der Waals surface area (Å²) < 4.78 is 0. The normalized spacial score (nSPS) is 16.4. The van der Waals surface area contributed by atoms with Gasteiger partial charge < -0.3 is 10.3 Å². The molecule has 3 rings (SSSR count). The quantitative estimate of drug-likeness (QED) is 0.639. The van der Waals surface area contributed by atoms with Gasteiger partial charge in [0.2, 0.25) is 0 Å². The molecular weight excluding hydrogens is 385 g/mol. The fourth-order valence-electron chi connectivity index (χ4n) is 3.43. The van der Waals surface area contributed by atoms with Crippen LogP contribution in [0.2, 0.25) is 0 Å². The molecule has 0 bridgehead atoms. The molecule has 0 amide bonds. The van der Waals surface area contributed by atoms with Gasteiger partial charge in [-0.25, -0.2) is 4.98 Å². The van der Waals surface area contributed by atoms with Crippen LogP contribution in [0, 0.1) is 5.92 Å². The second-order valence-electron chi connectivity index (χ2n) is 7.79. The fraction of sp³-hybridized carbons (Fsp3) is 0.550. The minimum absolute atomic E-state index is 0. The summed E-state index contributed by atoms with van der Waals surface area (Å²) in [6, 6.07) is 9.10. The number of aromatic nitrogens is 2. The van der Waals surface area contributed by atoms with Crippen LogP contribution in [0.25, 0.3) is 0 Å². The smallest absolute Gasteiger partial charge is 0.0921 e. The van der Waals surface area contributed by atoms with E-state index in [0.717, 1.165) is 24.8 Å². The Labute approximate surface area is 174 Å². The van der Waals surface area contributed by atoms with Gasteiger partial charge in [0.1, 0.15) is 0 Å². The molecule has 1 aliphatic rings. The van der Waals surface area contributed by atoms with E-state index in [1.165, 1.54) is 29.0 Å². The van der Waals surface area contributed by atoms with Gasteiger partial charge >= 0.3 is 0 Å². The Morgan fingerprint density at radius 3 is 2.31 bits per heavy atom. The van der Waals surface area contributed by atoms with E-state index in [2.05, 4.69) is 60.3 Å². The highest BCUT2D eigenvalue weighted by molar-refractivity contribution is 7.99. The van der Waals surface area contributed by atoms with Gasteiger partial charge in [-0.1, -0.05) is 32.9 Å². The highest BCUT2D eigenvalue weighted by atomic mass is 35.5. The topological polar surface area (TPSA) is 40.7 Å². The van der Waals surface area contributed by atoms with E-state index in [1.54, 1.807) is 0 Å². The summed E-state index contributed by atoms with van der Waals surface area (Å²) >= 11 is 1.97. The minimum Gasteiger partial charge on any atom is -0.348 e. The maximum Gasteiger partial charge on any atom is 0.0921 e. The van der Waals surface area contributed by atoms with Crippen LogP contribution >= 0.6 is 36.6 Å². The molecule has 1 fully saturated rings. The van der Waals surface area contributed by atoms with Crippen LogP contribution < -0.4 is 5.32 Å². The van der Waals surface area contributed by atoms with Crippen molar-refractivity contribution in [3.8, 4) is 0 Å². The maximum atomic E-state index is 4.25. The van der Waals surface area contributed by atoms with Crippen molar-refractivity contribution in [1.29, 1.82) is 0 Å². The number of aromatic amines is 1. The van der Waals surface area contributed by atoms with Gasteiger partial charge in [0, 0.05) is 28.5 Å². The van der Waals surface area contributed by atoms with Gasteiger partial charge in [0.05, 0.1) is 6.33 Å². The zero-order valence-corrected chi connectivity index (χ0v) is 18.3. The number of halogens is 2. The van der Waals surface area contributed by atoms with Crippen LogP contribution in [0.1, 0.15) is 50.8 Å². The number of benzene rings is 1. The lowest BCUT2D eigenvalue weighted by Crippen LogP contribution is -2.31. The van der Waals surface area contributed by atoms with Gasteiger partial charge in [-0.15, -0.1) is 36.6 Å². The number of hydrogen-bond donors (Lipinski definition) is 2. The van der Waals surface area contributed by atoms with Crippen LogP contribution in [-0.4, -0.2) is 28.8 Å². The van der Waals surface area contributed by atoms with Crippen molar-refractivity contribution in [3.05, 3.63) is 48.0 Å². The third-order valence-electron chi connectivity index (χ3n) is 5.02. The zero-order chi connectivity index (χ0) is 17.0. The van der Waals surface area contributed by atoms with Gasteiger partial charge in [0.25, 0.3) is 0 Å². The van der Waals surface area contributed by atoms with Gasteiger partial charge in [-0.05, 0) is 55.0 Å². The highest BCUT2D eigenvalue weighted by Crippen LogP contribution is 2.35. The molecule has 0 aliphatic carbocycles. The summed E-state index contributed by atoms with van der Waals surface area (Å²) in [6.07, 6.45) is 6.34. The van der Waals surface area contributed by atoms with E-state index in [4.69, 9.17) is 0 Å². The molecule has 146 valence electrons. The number of nitrogens with zero attached hydrogens (tertiary/aromatic N) is 1. The van der Waals surface area contributed by atoms with E-state index >= 15 is 0 Å². The Balaban J connectivity index is 0.00000169. The lowest BCUT2D eigenvalue weighted by atomic mass is 9.84. The fourth-order valence-corrected chi connectivity index (χ4v) is 4.59. The molecule has 1 aliphatic heterocycles. The van der Waals surface area contributed by atoms with Crippen LogP contribution in [-0.2, 0) is 5.41 Å². The summed E-state index contributed by atoms with van der Waals surface area (Å²) in [5.74, 6) is 2.41. The van der Waals surface area contributed by atoms with Crippen LogP contribution in [0.4, 0.5) is 0 Å². The first kappa shape index (κ1) is 23.4. The van der Waals surface area contributed by atoms with E-state index in [9.17, 15) is 0 Å². The number of H-pyrrole nitrogens is 1. The Morgan fingerprint density at radius 1 is 1.12 bits per heavy atom. The molecule has 26 heavy (non-hydrogen) atoms. The standard InChI is InChI=1S/C20H29N3S.2ClH/c1-20(2,3)16-4-6-17(7-5-16)24-13-18(19-12-22-14-23-19)15-8-10-21-11-9-15;;/h4-7,12,14-15,18,21H,8-11,13H2,1-3H3,(H,22,23);2*1H. The largest absolute Gasteiger partial charge is 0.348 e. The van der Waals surface area contributed by atoms with E-state index in [0.29, 0.717) is 5.92 Å². The predicted octanol–water partition coefficient (Wildman–Crippen LogP) is 5.43. The Kier molecular flexibility index (Phi) is 9.53. The SMILES string of the molecule is CC(C)(C)c1ccc(SCC(c2cnc[nH]2)C2CCNCC2)cc1.Cl.Cl. The lowest BCUT2D eigenvalue weighted by molar-refractivity contribution is 0.330. The van der Waals surface area contributed by atoms with E-state index in [1.807, 2.05) is 24.3 Å². The highest BCUT2D eigenvalue weighted by Gasteiger charge is 2.26. The first-order chi connectivity index (χ1) is 11.5. The molecule has 6 heteroatoms. The molecule has 1 atom stereocenters. The van der Waals surface area contributed by atoms with E-state index in [-0.39, 0.29) is 30.2 Å². The lowest BCUT2D eigenvalue weighted by Gasteiger charge is -2.30. The summed E-state index contributed by atoms with van der Waals surface area (Å²) in [5.41, 5.74) is 2.91. The zero-order valence-electron chi connectivity index (χ0n) is 15.8. The van der Waals surface area contributed by atoms with Gasteiger partial charge in [0.15, 0.2) is 0 Å². The molecule has 0 spiro atoms. The molecule has 1 unspecified atom stereocenters. The van der Waals surface area contributed by atoms with Crippen molar-refractivity contribution in [2.45, 2.75) is 49.8 Å². The van der Waals surface area contributed by atoms with Crippen molar-refractivity contribution >= 4 is 36.6 Å². The van der Waals surface area contributed by atoms with Crippen LogP contribution in [0.15, 0.2) is 41.7 Å². The predicted molar refractivity (Wildman–Crippen MR) is 117 cm³/mol. The monoisotopic (exact) mass is 415 g/mol. The number of imidazole rings is 1. The Hall–Kier alpha value is -0.680. The summed E-state index contributed by atoms with van der Waals surface area (Å²) in [6.45, 7) is 9.07. The van der Waals surface area contributed by atoms with Crippen LogP contribution in [0.5, 0.6) is 0 Å². The van der Waals surface area contributed by atoms with Gasteiger partial charge in [-0.3, -0.25) is 0 Å². The molecular formula is C20H31Cl2N3S. The number of hydrogen-bond acceptors (Lipinski definition) is 3. The van der Waals surface area contributed by atoms with E-state index < -0.39 is 0 Å². The second kappa shape index (κ2) is 10.6. The Morgan fingerprint density at radius 2 is 1.77 bits per heavy atom. The molecule has 0 radical (unpaired) electrons. The molecule has 2 heterocycles. The third-order valence-corrected chi connectivity index (χ3v) is 6.15. The van der Waals surface area contributed by atoms with Crippen molar-refractivity contribution < 1.29 is 0 Å². The number of thioether (sulfide) groups is 1. The maximum absolute atomic E-state index is 4.25. The molecule has 2 N–H and O–H groups in total. The number of nitrogens with one attached hydrogen (secondary N) is 2. The van der Waals surface area contributed by atoms with Gasteiger partial charge in [-0.2, -0.15) is 0 Å². The Bertz CT molecular complexity index is 618. The number of piperidine rings is 1. The molecule has 0 saturated carbocycles. The molecule has 1 aromatic carbocycles. The molecule has 1 aromatic heterocycles. The first-order valence-electron chi connectivity index (χ1n) is 8.96. The molecule has 2 aromatic rings. The molecule has 3 nitrogen and oxygen atoms in total. The van der Waals surface area contributed by atoms with Crippen molar-refractivity contribution in [3.63, 3.8) is 0 Å². The average Bonchev–Trinajstić information content (AvgIpc) is 3.10. The second-order valence-corrected chi connectivity index (χ2v) is 8.88. The third kappa shape index (κ3) is 6.19. The summed E-state index contributed by atoms with van der Waals surface area (Å²) in [4.78, 5) is 8.97. The first-order valence-corrected chi connectivity index (χ1v) is 9.95. The minimum atomic E-state index is 0. The molecule has 1 saturated heterocycles. The summed E-state index contributed by atoms with van der Waals surface area (Å²) in [5, 5.41) is 3.48. The van der Waals surface area contributed by atoms with Crippen LogP contribution in [0.3, 0.4) is 0 Å². The number of rotatable bonds is 5. The van der Waals surface area contributed by atoms with Crippen molar-refractivity contribution in [2.24, 2.45) is 5.92 Å².